The van der Waals surface area contributed by atoms with Gasteiger partial charge in [0.1, 0.15) is 5.01 Å². The Labute approximate surface area is 130 Å². The molecule has 0 fully saturated rings. The van der Waals surface area contributed by atoms with Crippen LogP contribution in [-0.4, -0.2) is 16.9 Å². The highest BCUT2D eigenvalue weighted by Gasteiger charge is 2.17. The number of thiazole rings is 1. The number of hydrogen-bond donors (Lipinski definition) is 0. The summed E-state index contributed by atoms with van der Waals surface area (Å²) in [5.74, 6) is 0. The molecule has 0 N–H and O–H groups in total. The Morgan fingerprint density at radius 3 is 2.67 bits per heavy atom. The topological polar surface area (TPSA) is 39.9 Å². The minimum absolute atomic E-state index is 0.106. The van der Waals surface area contributed by atoms with Gasteiger partial charge in [-0.2, -0.15) is 5.26 Å². The van der Waals surface area contributed by atoms with Crippen LogP contribution in [0.3, 0.4) is 0 Å². The second-order valence-electron chi connectivity index (χ2n) is 6.36. The summed E-state index contributed by atoms with van der Waals surface area (Å²) in [7, 11) is 2.08. The van der Waals surface area contributed by atoms with Crippen LogP contribution >= 0.6 is 11.3 Å². The first-order valence-electron chi connectivity index (χ1n) is 7.01. The molecule has 0 aliphatic heterocycles. The summed E-state index contributed by atoms with van der Waals surface area (Å²) in [4.78, 5) is 6.95. The number of rotatable bonds is 4. The first-order chi connectivity index (χ1) is 9.88. The molecule has 1 aromatic heterocycles. The molecule has 0 aliphatic rings. The predicted octanol–water partition coefficient (Wildman–Crippen LogP) is 3.94. The minimum atomic E-state index is 0.106. The van der Waals surface area contributed by atoms with Gasteiger partial charge in [0.25, 0.3) is 0 Å². The molecule has 0 radical (unpaired) electrons. The molecular formula is C17H21N3S. The van der Waals surface area contributed by atoms with Crippen molar-refractivity contribution in [3.8, 4) is 6.07 Å². The third kappa shape index (κ3) is 4.38. The van der Waals surface area contributed by atoms with Gasteiger partial charge in [-0.25, -0.2) is 4.98 Å². The van der Waals surface area contributed by atoms with E-state index in [0.717, 1.165) is 29.4 Å². The van der Waals surface area contributed by atoms with Gasteiger partial charge in [0.2, 0.25) is 0 Å². The highest BCUT2D eigenvalue weighted by atomic mass is 32.1. The molecule has 0 amide bonds. The van der Waals surface area contributed by atoms with E-state index in [0.29, 0.717) is 5.56 Å². The highest BCUT2D eigenvalue weighted by Crippen LogP contribution is 2.24. The van der Waals surface area contributed by atoms with Crippen LogP contribution in [0, 0.1) is 11.3 Å². The van der Waals surface area contributed by atoms with Crippen molar-refractivity contribution >= 4 is 11.3 Å². The molecule has 0 saturated heterocycles. The molecule has 1 aromatic carbocycles. The van der Waals surface area contributed by atoms with Gasteiger partial charge in [-0.3, -0.25) is 4.90 Å². The molecule has 3 nitrogen and oxygen atoms in total. The lowest BCUT2D eigenvalue weighted by Crippen LogP contribution is -2.18. The average molecular weight is 299 g/mol. The summed E-state index contributed by atoms with van der Waals surface area (Å²) in [6.07, 6.45) is 0. The summed E-state index contributed by atoms with van der Waals surface area (Å²) in [6, 6.07) is 9.95. The summed E-state index contributed by atoms with van der Waals surface area (Å²) in [5, 5.41) is 12.2. The lowest BCUT2D eigenvalue weighted by Gasteiger charge is -2.16. The van der Waals surface area contributed by atoms with Crippen molar-refractivity contribution in [3.05, 3.63) is 51.5 Å². The maximum absolute atomic E-state index is 8.94. The second-order valence-corrected chi connectivity index (χ2v) is 7.30. The van der Waals surface area contributed by atoms with Crippen LogP contribution in [0.25, 0.3) is 0 Å². The minimum Gasteiger partial charge on any atom is -0.295 e. The van der Waals surface area contributed by atoms with Gasteiger partial charge in [-0.1, -0.05) is 32.9 Å². The third-order valence-corrected chi connectivity index (χ3v) is 4.07. The second kappa shape index (κ2) is 6.38. The van der Waals surface area contributed by atoms with E-state index in [1.54, 1.807) is 11.3 Å². The molecule has 2 aromatic rings. The summed E-state index contributed by atoms with van der Waals surface area (Å²) in [5.41, 5.74) is 3.13. The van der Waals surface area contributed by atoms with E-state index < -0.39 is 0 Å². The van der Waals surface area contributed by atoms with Gasteiger partial charge in [-0.15, -0.1) is 11.3 Å². The summed E-state index contributed by atoms with van der Waals surface area (Å²) < 4.78 is 0. The zero-order chi connectivity index (χ0) is 15.5. The molecule has 21 heavy (non-hydrogen) atoms. The van der Waals surface area contributed by atoms with Gasteiger partial charge in [0, 0.05) is 17.3 Å². The molecule has 0 spiro atoms. The monoisotopic (exact) mass is 299 g/mol. The molecule has 0 atom stereocenters. The Morgan fingerprint density at radius 1 is 1.29 bits per heavy atom. The molecule has 0 unspecified atom stereocenters. The van der Waals surface area contributed by atoms with E-state index in [1.165, 1.54) is 0 Å². The fourth-order valence-electron chi connectivity index (χ4n) is 2.07. The van der Waals surface area contributed by atoms with Crippen LogP contribution in [0.4, 0.5) is 0 Å². The maximum Gasteiger partial charge on any atom is 0.107 e. The maximum atomic E-state index is 8.94. The number of hydrogen-bond acceptors (Lipinski definition) is 4. The van der Waals surface area contributed by atoms with Crippen molar-refractivity contribution in [1.29, 1.82) is 5.26 Å². The lowest BCUT2D eigenvalue weighted by molar-refractivity contribution is 0.318. The Hall–Kier alpha value is -1.70. The Balaban J connectivity index is 2.00. The van der Waals surface area contributed by atoms with E-state index in [4.69, 9.17) is 10.2 Å². The molecule has 0 bridgehead atoms. The van der Waals surface area contributed by atoms with Crippen LogP contribution in [0.2, 0.25) is 0 Å². The van der Waals surface area contributed by atoms with Crippen molar-refractivity contribution in [2.24, 2.45) is 0 Å². The van der Waals surface area contributed by atoms with E-state index in [9.17, 15) is 0 Å². The number of aromatic nitrogens is 1. The van der Waals surface area contributed by atoms with Gasteiger partial charge in [0.05, 0.1) is 23.9 Å². The molecule has 0 saturated carbocycles. The zero-order valence-electron chi connectivity index (χ0n) is 13.1. The first-order valence-corrected chi connectivity index (χ1v) is 7.89. The van der Waals surface area contributed by atoms with Crippen LogP contribution in [0.1, 0.15) is 42.6 Å². The quantitative estimate of drug-likeness (QED) is 0.858. The highest BCUT2D eigenvalue weighted by molar-refractivity contribution is 7.09. The fourth-order valence-corrected chi connectivity index (χ4v) is 3.17. The van der Waals surface area contributed by atoms with Crippen molar-refractivity contribution < 1.29 is 0 Å². The molecule has 1 heterocycles. The van der Waals surface area contributed by atoms with Gasteiger partial charge in [-0.05, 0) is 24.7 Å². The van der Waals surface area contributed by atoms with Crippen LogP contribution in [0.15, 0.2) is 29.6 Å². The van der Waals surface area contributed by atoms with E-state index in [-0.39, 0.29) is 5.41 Å². The Morgan fingerprint density at radius 2 is 2.05 bits per heavy atom. The molecule has 110 valence electrons. The smallest absolute Gasteiger partial charge is 0.107 e. The van der Waals surface area contributed by atoms with Crippen molar-refractivity contribution in [2.75, 3.05) is 7.05 Å². The predicted molar refractivity (Wildman–Crippen MR) is 87.1 cm³/mol. The van der Waals surface area contributed by atoms with E-state index in [2.05, 4.69) is 50.2 Å². The third-order valence-electron chi connectivity index (χ3n) is 3.23. The number of nitriles is 1. The van der Waals surface area contributed by atoms with Crippen molar-refractivity contribution in [1.82, 2.24) is 9.88 Å². The lowest BCUT2D eigenvalue weighted by atomic mass is 9.93. The standard InChI is InChI=1S/C17H21N3S/c1-17(2,3)15-12-21-16(19-15)11-20(4)10-14-7-5-6-13(8-14)9-18/h5-8,12H,10-11H2,1-4H3. The molecular weight excluding hydrogens is 278 g/mol. The largest absolute Gasteiger partial charge is 0.295 e. The van der Waals surface area contributed by atoms with Crippen LogP contribution < -0.4 is 0 Å². The molecule has 2 rings (SSSR count). The van der Waals surface area contributed by atoms with Gasteiger partial charge >= 0.3 is 0 Å². The van der Waals surface area contributed by atoms with Crippen LogP contribution in [-0.2, 0) is 18.5 Å². The summed E-state index contributed by atoms with van der Waals surface area (Å²) >= 11 is 1.72. The first kappa shape index (κ1) is 15.7. The summed E-state index contributed by atoms with van der Waals surface area (Å²) in [6.45, 7) is 8.20. The fraction of sp³-hybridized carbons (Fsp3) is 0.412. The Kier molecular flexibility index (Phi) is 4.76. The number of nitrogens with zero attached hydrogens (tertiary/aromatic N) is 3. The van der Waals surface area contributed by atoms with Crippen molar-refractivity contribution in [2.45, 2.75) is 39.3 Å². The van der Waals surface area contributed by atoms with Crippen molar-refractivity contribution in [3.63, 3.8) is 0 Å². The van der Waals surface area contributed by atoms with Crippen LogP contribution in [0.5, 0.6) is 0 Å². The SMILES string of the molecule is CN(Cc1cccc(C#N)c1)Cc1nc(C(C)(C)C)cs1. The van der Waals surface area contributed by atoms with Gasteiger partial charge in [0.15, 0.2) is 0 Å². The number of benzene rings is 1. The molecule has 4 heteroatoms. The zero-order valence-corrected chi connectivity index (χ0v) is 13.9. The Bertz CT molecular complexity index is 647. The van der Waals surface area contributed by atoms with E-state index in [1.807, 2.05) is 18.2 Å². The molecule has 0 aliphatic carbocycles. The normalized spacial score (nSPS) is 11.6. The average Bonchev–Trinajstić information content (AvgIpc) is 2.87. The van der Waals surface area contributed by atoms with E-state index >= 15 is 0 Å². The van der Waals surface area contributed by atoms with Gasteiger partial charge < -0.3 is 0 Å².